The van der Waals surface area contributed by atoms with Crippen LogP contribution in [0.3, 0.4) is 0 Å². The van der Waals surface area contributed by atoms with Crippen molar-refractivity contribution in [1.82, 2.24) is 4.40 Å². The van der Waals surface area contributed by atoms with Crippen molar-refractivity contribution >= 4 is 16.4 Å². The van der Waals surface area contributed by atoms with Crippen LogP contribution in [0.1, 0.15) is 18.3 Å². The van der Waals surface area contributed by atoms with Gasteiger partial charge in [0.25, 0.3) is 5.82 Å². The van der Waals surface area contributed by atoms with Crippen molar-refractivity contribution in [1.29, 1.82) is 0 Å². The first-order chi connectivity index (χ1) is 8.22. The second-order valence-corrected chi connectivity index (χ2v) is 4.62. The van der Waals surface area contributed by atoms with Crippen molar-refractivity contribution in [2.75, 3.05) is 0 Å². The molecular weight excluding hydrogens is 208 g/mol. The molecule has 86 valence electrons. The highest BCUT2D eigenvalue weighted by Gasteiger charge is 2.17. The third-order valence-electron chi connectivity index (χ3n) is 3.49. The zero-order valence-electron chi connectivity index (χ0n) is 10.6. The summed E-state index contributed by atoms with van der Waals surface area (Å²) in [6, 6.07) is 10.9. The van der Waals surface area contributed by atoms with E-state index in [0.717, 1.165) is 6.42 Å². The minimum Gasteiger partial charge on any atom is -0.236 e. The molecule has 0 spiro atoms. The summed E-state index contributed by atoms with van der Waals surface area (Å²) >= 11 is 0. The molecule has 2 nitrogen and oxygen atoms in total. The number of hydrogen-bond donors (Lipinski definition) is 0. The lowest BCUT2D eigenvalue weighted by Crippen LogP contribution is -2.30. The average molecular weight is 225 g/mol. The largest absolute Gasteiger partial charge is 0.261 e. The number of aryl methyl sites for hydroxylation is 3. The monoisotopic (exact) mass is 225 g/mol. The van der Waals surface area contributed by atoms with Crippen molar-refractivity contribution in [3.8, 4) is 0 Å². The predicted molar refractivity (Wildman–Crippen MR) is 70.2 cm³/mol. The fourth-order valence-corrected chi connectivity index (χ4v) is 2.72. The number of pyridine rings is 1. The molecule has 0 unspecified atom stereocenters. The lowest BCUT2D eigenvalue weighted by molar-refractivity contribution is -0.677. The minimum absolute atomic E-state index is 1.04. The van der Waals surface area contributed by atoms with Crippen LogP contribution in [0.4, 0.5) is 0 Å². The van der Waals surface area contributed by atoms with E-state index in [1.165, 1.54) is 27.8 Å². The molecule has 2 heterocycles. The fourth-order valence-electron chi connectivity index (χ4n) is 2.72. The van der Waals surface area contributed by atoms with E-state index < -0.39 is 0 Å². The quantitative estimate of drug-likeness (QED) is 0.563. The van der Waals surface area contributed by atoms with E-state index in [1.807, 2.05) is 0 Å². The minimum atomic E-state index is 1.04. The number of hydrogen-bond acceptors (Lipinski definition) is 0. The van der Waals surface area contributed by atoms with Crippen LogP contribution in [-0.4, -0.2) is 4.40 Å². The third kappa shape index (κ3) is 1.37. The number of imidazole rings is 1. The molecule has 0 N–H and O–H groups in total. The number of aromatic nitrogens is 2. The molecule has 1 aromatic carbocycles. The van der Waals surface area contributed by atoms with E-state index in [2.05, 4.69) is 66.4 Å². The highest BCUT2D eigenvalue weighted by molar-refractivity contribution is 5.85. The van der Waals surface area contributed by atoms with Gasteiger partial charge in [-0.2, -0.15) is 4.40 Å². The van der Waals surface area contributed by atoms with E-state index in [1.54, 1.807) is 0 Å². The summed E-state index contributed by atoms with van der Waals surface area (Å²) in [5.74, 6) is 1.35. The van der Waals surface area contributed by atoms with Crippen molar-refractivity contribution in [2.45, 2.75) is 20.3 Å². The van der Waals surface area contributed by atoms with Crippen molar-refractivity contribution in [2.24, 2.45) is 7.05 Å². The summed E-state index contributed by atoms with van der Waals surface area (Å²) in [6.45, 7) is 4.39. The number of benzene rings is 1. The van der Waals surface area contributed by atoms with Gasteiger partial charge in [-0.1, -0.05) is 25.1 Å². The first-order valence-corrected chi connectivity index (χ1v) is 6.10. The normalized spacial score (nSPS) is 11.5. The molecule has 2 heteroatoms. The smallest absolute Gasteiger partial charge is 0.236 e. The van der Waals surface area contributed by atoms with Gasteiger partial charge in [0.2, 0.25) is 0 Å². The number of nitrogens with zero attached hydrogens (tertiary/aromatic N) is 2. The first-order valence-electron chi connectivity index (χ1n) is 6.10. The molecule has 0 amide bonds. The second kappa shape index (κ2) is 3.59. The van der Waals surface area contributed by atoms with E-state index in [9.17, 15) is 0 Å². The summed E-state index contributed by atoms with van der Waals surface area (Å²) in [4.78, 5) is 0. The molecule has 0 aliphatic carbocycles. The Morgan fingerprint density at radius 2 is 2.00 bits per heavy atom. The van der Waals surface area contributed by atoms with Gasteiger partial charge >= 0.3 is 0 Å². The molecule has 17 heavy (non-hydrogen) atoms. The van der Waals surface area contributed by atoms with Gasteiger partial charge in [0, 0.05) is 11.8 Å². The molecule has 0 fully saturated rings. The summed E-state index contributed by atoms with van der Waals surface area (Å²) in [7, 11) is 2.12. The molecule has 0 saturated carbocycles. The lowest BCUT2D eigenvalue weighted by atomic mass is 10.1. The molecule has 0 atom stereocenters. The summed E-state index contributed by atoms with van der Waals surface area (Å²) < 4.78 is 4.60. The number of fused-ring (bicyclic) bond motifs is 3. The molecule has 0 aliphatic rings. The van der Waals surface area contributed by atoms with Gasteiger partial charge in [-0.25, -0.2) is 4.57 Å². The highest BCUT2D eigenvalue weighted by atomic mass is 15.1. The number of rotatable bonds is 1. The van der Waals surface area contributed by atoms with Crippen LogP contribution in [-0.2, 0) is 13.5 Å². The van der Waals surface area contributed by atoms with Crippen LogP contribution in [0.15, 0.2) is 36.5 Å². The zero-order valence-corrected chi connectivity index (χ0v) is 10.6. The highest BCUT2D eigenvalue weighted by Crippen LogP contribution is 2.21. The Morgan fingerprint density at radius 3 is 2.76 bits per heavy atom. The predicted octanol–water partition coefficient (Wildman–Crippen LogP) is 2.79. The molecule has 0 saturated heterocycles. The number of para-hydroxylation sites is 1. The standard InChI is InChI=1S/C15H17N2/c1-4-14-16(3)10-13-9-8-12-7-5-6-11(2)15(12)17(13)14/h5-10H,4H2,1-3H3/q+1. The van der Waals surface area contributed by atoms with Gasteiger partial charge in [-0.05, 0) is 24.6 Å². The molecule has 3 aromatic rings. The van der Waals surface area contributed by atoms with Gasteiger partial charge in [0.05, 0.1) is 7.05 Å². The Balaban J connectivity index is 2.61. The van der Waals surface area contributed by atoms with E-state index in [-0.39, 0.29) is 0 Å². The van der Waals surface area contributed by atoms with Gasteiger partial charge < -0.3 is 0 Å². The van der Waals surface area contributed by atoms with Crippen LogP contribution in [0.25, 0.3) is 16.4 Å². The zero-order chi connectivity index (χ0) is 12.0. The van der Waals surface area contributed by atoms with E-state index >= 15 is 0 Å². The Bertz CT molecular complexity index is 708. The molecule has 3 rings (SSSR count). The van der Waals surface area contributed by atoms with E-state index in [4.69, 9.17) is 0 Å². The second-order valence-electron chi connectivity index (χ2n) is 4.62. The van der Waals surface area contributed by atoms with E-state index in [0.29, 0.717) is 0 Å². The molecule has 0 radical (unpaired) electrons. The van der Waals surface area contributed by atoms with Crippen molar-refractivity contribution in [3.63, 3.8) is 0 Å². The van der Waals surface area contributed by atoms with Gasteiger partial charge in [0.15, 0.2) is 5.52 Å². The molecule has 0 bridgehead atoms. The van der Waals surface area contributed by atoms with Crippen LogP contribution in [0.5, 0.6) is 0 Å². The lowest BCUT2D eigenvalue weighted by Gasteiger charge is -2.02. The summed E-state index contributed by atoms with van der Waals surface area (Å²) in [5, 5.41) is 1.31. The molecular formula is C15H17N2+. The fraction of sp³-hybridized carbons (Fsp3) is 0.267. The summed E-state index contributed by atoms with van der Waals surface area (Å²) in [6.07, 6.45) is 3.24. The van der Waals surface area contributed by atoms with Crippen LogP contribution in [0.2, 0.25) is 0 Å². The topological polar surface area (TPSA) is 8.29 Å². The average Bonchev–Trinajstić information content (AvgIpc) is 2.64. The van der Waals surface area contributed by atoms with Crippen molar-refractivity contribution in [3.05, 3.63) is 47.9 Å². The molecule has 0 aliphatic heterocycles. The van der Waals surface area contributed by atoms with Gasteiger partial charge in [-0.15, -0.1) is 0 Å². The first kappa shape index (κ1) is 10.3. The Morgan fingerprint density at radius 1 is 1.18 bits per heavy atom. The maximum Gasteiger partial charge on any atom is 0.261 e. The van der Waals surface area contributed by atoms with Crippen molar-refractivity contribution < 1.29 is 4.57 Å². The van der Waals surface area contributed by atoms with Crippen LogP contribution in [0, 0.1) is 6.92 Å². The Kier molecular flexibility index (Phi) is 2.18. The maximum absolute atomic E-state index is 2.38. The van der Waals surface area contributed by atoms with Crippen LogP contribution >= 0.6 is 0 Å². The van der Waals surface area contributed by atoms with Gasteiger partial charge in [0.1, 0.15) is 11.7 Å². The van der Waals surface area contributed by atoms with Crippen LogP contribution < -0.4 is 4.57 Å². The Labute approximate surface area is 101 Å². The third-order valence-corrected chi connectivity index (χ3v) is 3.49. The molecule has 2 aromatic heterocycles. The SMILES string of the molecule is CCc1n2c(ccc3cccc(C)c32)c[n+]1C. The Hall–Kier alpha value is -1.83. The van der Waals surface area contributed by atoms with Gasteiger partial charge in [-0.3, -0.25) is 0 Å². The maximum atomic E-state index is 2.38. The summed E-state index contributed by atoms with van der Waals surface area (Å²) in [5.41, 5.74) is 3.94.